The molecule has 1 aliphatic carbocycles. The van der Waals surface area contributed by atoms with E-state index in [0.29, 0.717) is 11.7 Å². The van der Waals surface area contributed by atoms with Gasteiger partial charge in [0.2, 0.25) is 0 Å². The van der Waals surface area contributed by atoms with E-state index in [1.54, 1.807) is 6.07 Å². The first-order valence-corrected chi connectivity index (χ1v) is 8.72. The molecule has 2 aliphatic rings. The highest BCUT2D eigenvalue weighted by Crippen LogP contribution is 2.32. The van der Waals surface area contributed by atoms with Gasteiger partial charge in [0.05, 0.1) is 5.56 Å². The second kappa shape index (κ2) is 7.12. The van der Waals surface area contributed by atoms with Gasteiger partial charge in [0.1, 0.15) is 0 Å². The van der Waals surface area contributed by atoms with Crippen molar-refractivity contribution in [1.29, 1.82) is 0 Å². The van der Waals surface area contributed by atoms with Crippen molar-refractivity contribution in [3.05, 3.63) is 29.8 Å². The van der Waals surface area contributed by atoms with E-state index in [2.05, 4.69) is 10.2 Å². The zero-order valence-corrected chi connectivity index (χ0v) is 13.4. The van der Waals surface area contributed by atoms with Crippen molar-refractivity contribution in [2.75, 3.05) is 18.4 Å². The van der Waals surface area contributed by atoms with E-state index in [1.165, 1.54) is 37.8 Å². The number of rotatable bonds is 3. The number of hydrogen-bond donors (Lipinski definition) is 1. The Hall–Kier alpha value is -1.23. The normalized spacial score (nSPS) is 26.9. The maximum atomic E-state index is 12.9. The predicted molar refractivity (Wildman–Crippen MR) is 86.5 cm³/mol. The molecule has 1 aromatic carbocycles. The van der Waals surface area contributed by atoms with Crippen molar-refractivity contribution in [3.63, 3.8) is 0 Å². The Morgan fingerprint density at radius 1 is 0.957 bits per heavy atom. The van der Waals surface area contributed by atoms with Crippen LogP contribution in [0.5, 0.6) is 0 Å². The predicted octanol–water partition coefficient (Wildman–Crippen LogP) is 4.91. The van der Waals surface area contributed by atoms with Gasteiger partial charge in [-0.25, -0.2) is 0 Å². The Kier molecular flexibility index (Phi) is 5.14. The maximum Gasteiger partial charge on any atom is 0.416 e. The number of anilines is 1. The average Bonchev–Trinajstić information content (AvgIpc) is 2.94. The van der Waals surface area contributed by atoms with Crippen LogP contribution in [0.15, 0.2) is 24.3 Å². The van der Waals surface area contributed by atoms with E-state index >= 15 is 0 Å². The molecular formula is C18H25F3N2. The summed E-state index contributed by atoms with van der Waals surface area (Å²) < 4.78 is 38.7. The first-order valence-electron chi connectivity index (χ1n) is 8.72. The Balaban J connectivity index is 1.75. The summed E-state index contributed by atoms with van der Waals surface area (Å²) in [7, 11) is 0. The molecule has 128 valence electrons. The number of likely N-dealkylation sites (tertiary alicyclic amines) is 1. The van der Waals surface area contributed by atoms with Crippen LogP contribution in [-0.4, -0.2) is 30.1 Å². The summed E-state index contributed by atoms with van der Waals surface area (Å²) >= 11 is 0. The van der Waals surface area contributed by atoms with Gasteiger partial charge in [0, 0.05) is 17.8 Å². The lowest BCUT2D eigenvalue weighted by atomic mass is 10.0. The third-order valence-electron chi connectivity index (χ3n) is 5.13. The van der Waals surface area contributed by atoms with Crippen molar-refractivity contribution in [1.82, 2.24) is 4.90 Å². The van der Waals surface area contributed by atoms with E-state index in [4.69, 9.17) is 0 Å². The first kappa shape index (κ1) is 16.6. The van der Waals surface area contributed by atoms with E-state index in [-0.39, 0.29) is 6.04 Å². The second-order valence-electron chi connectivity index (χ2n) is 6.78. The number of nitrogens with zero attached hydrogens (tertiary/aromatic N) is 1. The van der Waals surface area contributed by atoms with Crippen LogP contribution in [0.3, 0.4) is 0 Å². The molecule has 2 fully saturated rings. The fourth-order valence-corrected chi connectivity index (χ4v) is 3.97. The van der Waals surface area contributed by atoms with Crippen molar-refractivity contribution in [2.24, 2.45) is 0 Å². The van der Waals surface area contributed by atoms with E-state index in [1.807, 2.05) is 0 Å². The largest absolute Gasteiger partial charge is 0.416 e. The summed E-state index contributed by atoms with van der Waals surface area (Å²) in [6.07, 6.45) is 4.00. The Morgan fingerprint density at radius 2 is 1.70 bits per heavy atom. The van der Waals surface area contributed by atoms with Crippen LogP contribution in [-0.2, 0) is 6.18 Å². The summed E-state index contributed by atoms with van der Waals surface area (Å²) in [6.45, 7) is 2.26. The number of halogens is 3. The smallest absolute Gasteiger partial charge is 0.381 e. The van der Waals surface area contributed by atoms with Crippen molar-refractivity contribution >= 4 is 5.69 Å². The minimum atomic E-state index is -4.28. The summed E-state index contributed by atoms with van der Waals surface area (Å²) in [5.41, 5.74) is 0.0183. The SMILES string of the molecule is FC(F)(F)c1cccc(N[C@@H]2CCCCC[C@H]2N2CCCC2)c1. The summed E-state index contributed by atoms with van der Waals surface area (Å²) in [4.78, 5) is 2.54. The van der Waals surface area contributed by atoms with E-state index in [9.17, 15) is 13.2 Å². The Morgan fingerprint density at radius 3 is 2.43 bits per heavy atom. The number of benzene rings is 1. The molecule has 1 aliphatic heterocycles. The molecule has 23 heavy (non-hydrogen) atoms. The van der Waals surface area contributed by atoms with Gasteiger partial charge >= 0.3 is 6.18 Å². The van der Waals surface area contributed by atoms with Gasteiger partial charge in [0.25, 0.3) is 0 Å². The molecule has 0 aromatic heterocycles. The van der Waals surface area contributed by atoms with Gasteiger partial charge in [-0.15, -0.1) is 0 Å². The number of hydrogen-bond acceptors (Lipinski definition) is 2. The summed E-state index contributed by atoms with van der Waals surface area (Å²) in [5, 5.41) is 3.42. The molecule has 0 unspecified atom stereocenters. The van der Waals surface area contributed by atoms with Gasteiger partial charge in [-0.2, -0.15) is 13.2 Å². The minimum absolute atomic E-state index is 0.249. The van der Waals surface area contributed by atoms with Gasteiger partial charge < -0.3 is 5.32 Å². The molecule has 1 saturated carbocycles. The zero-order chi connectivity index (χ0) is 16.3. The maximum absolute atomic E-state index is 12.9. The molecule has 2 atom stereocenters. The van der Waals surface area contributed by atoms with Crippen LogP contribution in [0.4, 0.5) is 18.9 Å². The van der Waals surface area contributed by atoms with Gasteiger partial charge in [-0.1, -0.05) is 25.3 Å². The standard InChI is InChI=1S/C18H25F3N2/c19-18(20,21)14-7-6-8-15(13-14)22-16-9-2-1-3-10-17(16)23-11-4-5-12-23/h6-8,13,16-17,22H,1-5,9-12H2/t16-,17-/m1/s1. The third-order valence-corrected chi connectivity index (χ3v) is 5.13. The molecule has 0 bridgehead atoms. The molecule has 1 N–H and O–H groups in total. The molecule has 1 heterocycles. The number of nitrogens with one attached hydrogen (secondary N) is 1. The van der Waals surface area contributed by atoms with Crippen LogP contribution in [0.25, 0.3) is 0 Å². The zero-order valence-electron chi connectivity index (χ0n) is 13.4. The van der Waals surface area contributed by atoms with Crippen LogP contribution < -0.4 is 5.32 Å². The summed E-state index contributed by atoms with van der Waals surface area (Å²) in [5.74, 6) is 0. The van der Waals surface area contributed by atoms with Crippen LogP contribution in [0.2, 0.25) is 0 Å². The van der Waals surface area contributed by atoms with Gasteiger partial charge in [-0.3, -0.25) is 4.90 Å². The fraction of sp³-hybridized carbons (Fsp3) is 0.667. The number of alkyl halides is 3. The fourth-order valence-electron chi connectivity index (χ4n) is 3.97. The third kappa shape index (κ3) is 4.19. The quantitative estimate of drug-likeness (QED) is 0.794. The van der Waals surface area contributed by atoms with Crippen LogP contribution in [0, 0.1) is 0 Å². The average molecular weight is 326 g/mol. The van der Waals surface area contributed by atoms with Crippen LogP contribution in [0.1, 0.15) is 50.5 Å². The highest BCUT2D eigenvalue weighted by atomic mass is 19.4. The lowest BCUT2D eigenvalue weighted by Gasteiger charge is -2.34. The molecule has 1 aromatic rings. The molecule has 5 heteroatoms. The molecule has 2 nitrogen and oxygen atoms in total. The molecule has 0 radical (unpaired) electrons. The summed E-state index contributed by atoms with van der Waals surface area (Å²) in [6, 6.07) is 6.32. The molecule has 1 saturated heterocycles. The first-order chi connectivity index (χ1) is 11.0. The molecular weight excluding hydrogens is 301 g/mol. The monoisotopic (exact) mass is 326 g/mol. The lowest BCUT2D eigenvalue weighted by Crippen LogP contribution is -2.45. The van der Waals surface area contributed by atoms with Crippen molar-refractivity contribution < 1.29 is 13.2 Å². The van der Waals surface area contributed by atoms with Gasteiger partial charge in [-0.05, 0) is 57.0 Å². The van der Waals surface area contributed by atoms with Crippen LogP contribution >= 0.6 is 0 Å². The highest BCUT2D eigenvalue weighted by molar-refractivity contribution is 5.47. The minimum Gasteiger partial charge on any atom is -0.381 e. The topological polar surface area (TPSA) is 15.3 Å². The van der Waals surface area contributed by atoms with Gasteiger partial charge in [0.15, 0.2) is 0 Å². The highest BCUT2D eigenvalue weighted by Gasteiger charge is 2.32. The molecule has 3 rings (SSSR count). The van der Waals surface area contributed by atoms with Crippen molar-refractivity contribution in [2.45, 2.75) is 63.2 Å². The Bertz CT molecular complexity index is 509. The Labute approximate surface area is 136 Å². The van der Waals surface area contributed by atoms with E-state index in [0.717, 1.165) is 38.4 Å². The second-order valence-corrected chi connectivity index (χ2v) is 6.78. The molecule has 0 amide bonds. The van der Waals surface area contributed by atoms with E-state index < -0.39 is 11.7 Å². The lowest BCUT2D eigenvalue weighted by molar-refractivity contribution is -0.137. The van der Waals surface area contributed by atoms with Crippen molar-refractivity contribution in [3.8, 4) is 0 Å². The molecule has 0 spiro atoms.